The largest absolute Gasteiger partial charge is 0.337 e. The Balaban J connectivity index is 2.26. The molecule has 0 radical (unpaired) electrons. The summed E-state index contributed by atoms with van der Waals surface area (Å²) >= 11 is 0. The first-order chi connectivity index (χ1) is 6.81. The van der Waals surface area contributed by atoms with E-state index in [-0.39, 0.29) is 6.04 Å². The Hall–Kier alpha value is -1.76. The number of aromatic nitrogens is 5. The van der Waals surface area contributed by atoms with Gasteiger partial charge in [0.05, 0.1) is 6.04 Å². The van der Waals surface area contributed by atoms with Gasteiger partial charge in [0.25, 0.3) is 0 Å². The Bertz CT molecular complexity index is 394. The lowest BCUT2D eigenvalue weighted by atomic mass is 10.2. The van der Waals surface area contributed by atoms with Crippen LogP contribution in [0, 0.1) is 0 Å². The Morgan fingerprint density at radius 2 is 2.50 bits per heavy atom. The molecule has 0 saturated heterocycles. The molecule has 2 rings (SSSR count). The fraction of sp³-hybridized carbons (Fsp3) is 0.429. The van der Waals surface area contributed by atoms with Crippen molar-refractivity contribution in [2.45, 2.75) is 19.4 Å². The van der Waals surface area contributed by atoms with Gasteiger partial charge in [0.15, 0.2) is 5.82 Å². The topological polar surface area (TPSA) is 107 Å². The van der Waals surface area contributed by atoms with Crippen molar-refractivity contribution in [2.24, 2.45) is 5.73 Å². The van der Waals surface area contributed by atoms with E-state index in [1.807, 2.05) is 6.92 Å². The molecule has 0 aliphatic carbocycles. The average Bonchev–Trinajstić information content (AvgIpc) is 2.86. The first-order valence-corrected chi connectivity index (χ1v) is 4.26. The van der Waals surface area contributed by atoms with E-state index >= 15 is 0 Å². The van der Waals surface area contributed by atoms with Gasteiger partial charge in [-0.3, -0.25) is 5.10 Å². The summed E-state index contributed by atoms with van der Waals surface area (Å²) in [7, 11) is 0. The van der Waals surface area contributed by atoms with E-state index in [4.69, 9.17) is 10.3 Å². The molecule has 0 spiro atoms. The van der Waals surface area contributed by atoms with Gasteiger partial charge >= 0.3 is 0 Å². The molecule has 2 aromatic rings. The van der Waals surface area contributed by atoms with E-state index in [1.165, 1.54) is 6.33 Å². The molecule has 0 amide bonds. The van der Waals surface area contributed by atoms with Crippen LogP contribution in [-0.2, 0) is 0 Å². The molecule has 0 aromatic carbocycles. The van der Waals surface area contributed by atoms with Gasteiger partial charge in [0.2, 0.25) is 11.7 Å². The normalized spacial score (nSPS) is 13.0. The minimum absolute atomic E-state index is 0.223. The van der Waals surface area contributed by atoms with Gasteiger partial charge in [-0.1, -0.05) is 12.1 Å². The highest BCUT2D eigenvalue weighted by atomic mass is 16.5. The molecule has 0 aliphatic heterocycles. The van der Waals surface area contributed by atoms with Crippen LogP contribution in [0.3, 0.4) is 0 Å². The molecule has 0 saturated carbocycles. The van der Waals surface area contributed by atoms with Crippen molar-refractivity contribution >= 4 is 0 Å². The van der Waals surface area contributed by atoms with Crippen molar-refractivity contribution in [1.29, 1.82) is 0 Å². The minimum atomic E-state index is -0.223. The molecule has 0 aliphatic rings. The van der Waals surface area contributed by atoms with Crippen LogP contribution in [0.4, 0.5) is 0 Å². The molecule has 1 atom stereocenters. The van der Waals surface area contributed by atoms with E-state index < -0.39 is 0 Å². The van der Waals surface area contributed by atoms with Crippen molar-refractivity contribution in [3.05, 3.63) is 12.2 Å². The molecular formula is C7H10N6O. The van der Waals surface area contributed by atoms with Crippen LogP contribution in [-0.4, -0.2) is 25.3 Å². The number of nitrogens with two attached hydrogens (primary N) is 1. The molecule has 14 heavy (non-hydrogen) atoms. The zero-order valence-electron chi connectivity index (χ0n) is 7.64. The number of nitrogens with one attached hydrogen (secondary N) is 1. The first-order valence-electron chi connectivity index (χ1n) is 4.26. The van der Waals surface area contributed by atoms with Gasteiger partial charge in [-0.15, -0.1) is 0 Å². The molecule has 7 nitrogen and oxygen atoms in total. The number of aromatic amines is 1. The molecule has 0 fully saturated rings. The standard InChI is InChI=1S/C7H10N6O/c1-2-4(8)7-11-6(13-14-7)5-9-3-10-12-5/h3-4H,2,8H2,1H3,(H,9,10,12)/t4-/m1/s1. The molecule has 0 unspecified atom stereocenters. The molecule has 2 heterocycles. The van der Waals surface area contributed by atoms with Crippen LogP contribution in [0.25, 0.3) is 11.6 Å². The Labute approximate surface area is 79.7 Å². The Morgan fingerprint density at radius 1 is 1.64 bits per heavy atom. The number of hydrogen-bond donors (Lipinski definition) is 2. The zero-order valence-corrected chi connectivity index (χ0v) is 7.64. The number of H-pyrrole nitrogens is 1. The maximum atomic E-state index is 5.72. The van der Waals surface area contributed by atoms with E-state index in [1.54, 1.807) is 0 Å². The second-order valence-corrected chi connectivity index (χ2v) is 2.81. The Kier molecular flexibility index (Phi) is 2.23. The molecule has 0 bridgehead atoms. The maximum absolute atomic E-state index is 5.72. The van der Waals surface area contributed by atoms with E-state index in [2.05, 4.69) is 25.3 Å². The summed E-state index contributed by atoms with van der Waals surface area (Å²) in [4.78, 5) is 7.98. The SMILES string of the molecule is CC[C@@H](N)c1nc(-c2ncn[nH]2)no1. The van der Waals surface area contributed by atoms with Crippen molar-refractivity contribution in [1.82, 2.24) is 25.3 Å². The number of nitrogens with zero attached hydrogens (tertiary/aromatic N) is 4. The van der Waals surface area contributed by atoms with Crippen LogP contribution in [0.1, 0.15) is 25.3 Å². The quantitative estimate of drug-likeness (QED) is 0.726. The summed E-state index contributed by atoms with van der Waals surface area (Å²) in [5.74, 6) is 1.27. The fourth-order valence-corrected chi connectivity index (χ4v) is 0.970. The predicted octanol–water partition coefficient (Wildman–Crippen LogP) is 0.264. The third-order valence-corrected chi connectivity index (χ3v) is 1.83. The van der Waals surface area contributed by atoms with Crippen molar-refractivity contribution in [2.75, 3.05) is 0 Å². The van der Waals surface area contributed by atoms with Crippen LogP contribution in [0.15, 0.2) is 10.9 Å². The van der Waals surface area contributed by atoms with Gasteiger partial charge in [-0.2, -0.15) is 10.1 Å². The predicted molar refractivity (Wildman–Crippen MR) is 46.9 cm³/mol. The maximum Gasteiger partial charge on any atom is 0.243 e. The highest BCUT2D eigenvalue weighted by molar-refractivity contribution is 5.39. The van der Waals surface area contributed by atoms with Gasteiger partial charge in [-0.05, 0) is 6.42 Å². The highest BCUT2D eigenvalue weighted by Gasteiger charge is 2.15. The average molecular weight is 194 g/mol. The Morgan fingerprint density at radius 3 is 3.14 bits per heavy atom. The molecule has 74 valence electrons. The van der Waals surface area contributed by atoms with Gasteiger partial charge in [0.1, 0.15) is 6.33 Å². The molecule has 3 N–H and O–H groups in total. The van der Waals surface area contributed by atoms with Crippen molar-refractivity contribution in [3.8, 4) is 11.6 Å². The van der Waals surface area contributed by atoms with Gasteiger partial charge in [-0.25, -0.2) is 4.98 Å². The smallest absolute Gasteiger partial charge is 0.243 e. The van der Waals surface area contributed by atoms with Crippen LogP contribution in [0.5, 0.6) is 0 Å². The highest BCUT2D eigenvalue weighted by Crippen LogP contribution is 2.14. The second-order valence-electron chi connectivity index (χ2n) is 2.81. The monoisotopic (exact) mass is 194 g/mol. The third kappa shape index (κ3) is 1.49. The summed E-state index contributed by atoms with van der Waals surface area (Å²) < 4.78 is 4.97. The van der Waals surface area contributed by atoms with E-state index in [9.17, 15) is 0 Å². The van der Waals surface area contributed by atoms with E-state index in [0.717, 1.165) is 6.42 Å². The number of hydrogen-bond acceptors (Lipinski definition) is 6. The van der Waals surface area contributed by atoms with Gasteiger partial charge < -0.3 is 10.3 Å². The van der Waals surface area contributed by atoms with Crippen LogP contribution >= 0.6 is 0 Å². The lowest BCUT2D eigenvalue weighted by molar-refractivity contribution is 0.352. The second kappa shape index (κ2) is 3.54. The zero-order chi connectivity index (χ0) is 9.97. The van der Waals surface area contributed by atoms with Crippen LogP contribution < -0.4 is 5.73 Å². The molecular weight excluding hydrogens is 184 g/mol. The van der Waals surface area contributed by atoms with Gasteiger partial charge in [0, 0.05) is 0 Å². The lowest BCUT2D eigenvalue weighted by Gasteiger charge is -1.98. The summed E-state index contributed by atoms with van der Waals surface area (Å²) in [6, 6.07) is -0.223. The third-order valence-electron chi connectivity index (χ3n) is 1.83. The van der Waals surface area contributed by atoms with E-state index in [0.29, 0.717) is 17.5 Å². The summed E-state index contributed by atoms with van der Waals surface area (Å²) in [5, 5.41) is 10.0. The van der Waals surface area contributed by atoms with Crippen molar-refractivity contribution in [3.63, 3.8) is 0 Å². The van der Waals surface area contributed by atoms with Crippen molar-refractivity contribution < 1.29 is 4.52 Å². The number of rotatable bonds is 3. The molecule has 7 heteroatoms. The first kappa shape index (κ1) is 8.82. The fourth-order valence-electron chi connectivity index (χ4n) is 0.970. The lowest BCUT2D eigenvalue weighted by Crippen LogP contribution is -2.08. The minimum Gasteiger partial charge on any atom is -0.337 e. The molecule has 2 aromatic heterocycles. The summed E-state index contributed by atoms with van der Waals surface area (Å²) in [6.07, 6.45) is 2.13. The summed E-state index contributed by atoms with van der Waals surface area (Å²) in [6.45, 7) is 1.95. The summed E-state index contributed by atoms with van der Waals surface area (Å²) in [5.41, 5.74) is 5.72. The van der Waals surface area contributed by atoms with Crippen LogP contribution in [0.2, 0.25) is 0 Å².